The first kappa shape index (κ1) is 24.1. The van der Waals surface area contributed by atoms with E-state index < -0.39 is 0 Å². The van der Waals surface area contributed by atoms with Gasteiger partial charge in [0.1, 0.15) is 11.1 Å². The smallest absolute Gasteiger partial charge is 0.239 e. The number of guanidine groups is 1. The minimum Gasteiger partial charge on any atom is -0.375 e. The number of amides is 1. The number of thiazole rings is 1. The monoisotopic (exact) mass is 509 g/mol. The number of nitrogens with one attached hydrogen (secondary N) is 2. The van der Waals surface area contributed by atoms with Crippen molar-refractivity contribution in [1.82, 2.24) is 20.5 Å². The third kappa shape index (κ3) is 7.90. The number of aromatic nitrogens is 1. The zero-order chi connectivity index (χ0) is 18.9. The Morgan fingerprint density at radius 3 is 2.78 bits per heavy atom. The molecule has 1 aliphatic carbocycles. The summed E-state index contributed by atoms with van der Waals surface area (Å²) >= 11 is 1.59. The molecule has 27 heavy (non-hydrogen) atoms. The highest BCUT2D eigenvalue weighted by Crippen LogP contribution is 2.21. The van der Waals surface area contributed by atoms with Crippen molar-refractivity contribution in [1.29, 1.82) is 0 Å². The van der Waals surface area contributed by atoms with Gasteiger partial charge >= 0.3 is 0 Å². The second-order valence-corrected chi connectivity index (χ2v) is 7.60. The topological polar surface area (TPSA) is 78.9 Å². The van der Waals surface area contributed by atoms with Crippen molar-refractivity contribution in [3.8, 4) is 0 Å². The summed E-state index contributed by atoms with van der Waals surface area (Å²) in [5.41, 5.74) is 0.964. The molecule has 7 nitrogen and oxygen atoms in total. The van der Waals surface area contributed by atoms with Crippen LogP contribution in [0.25, 0.3) is 0 Å². The molecule has 1 aliphatic rings. The average molecular weight is 509 g/mol. The molecule has 1 aromatic rings. The summed E-state index contributed by atoms with van der Waals surface area (Å²) in [6.45, 7) is 2.84. The maximum atomic E-state index is 12.2. The van der Waals surface area contributed by atoms with E-state index in [0.717, 1.165) is 23.5 Å². The average Bonchev–Trinajstić information content (AvgIpc) is 3.10. The number of halogens is 1. The van der Waals surface area contributed by atoms with E-state index in [-0.39, 0.29) is 42.5 Å². The number of rotatable bonds is 7. The van der Waals surface area contributed by atoms with Crippen LogP contribution in [-0.4, -0.2) is 55.5 Å². The van der Waals surface area contributed by atoms with Gasteiger partial charge in [-0.3, -0.25) is 9.79 Å². The van der Waals surface area contributed by atoms with E-state index in [1.165, 1.54) is 19.3 Å². The summed E-state index contributed by atoms with van der Waals surface area (Å²) in [6.07, 6.45) is 5.88. The first-order chi connectivity index (χ1) is 12.5. The number of methoxy groups -OCH3 is 1. The van der Waals surface area contributed by atoms with Gasteiger partial charge in [-0.05, 0) is 19.8 Å². The van der Waals surface area contributed by atoms with Crippen LogP contribution in [0.5, 0.6) is 0 Å². The molecule has 154 valence electrons. The predicted molar refractivity (Wildman–Crippen MR) is 121 cm³/mol. The Morgan fingerprint density at radius 1 is 1.44 bits per heavy atom. The Kier molecular flexibility index (Phi) is 11.2. The van der Waals surface area contributed by atoms with E-state index in [9.17, 15) is 4.79 Å². The molecular formula is C18H32IN5O2S. The van der Waals surface area contributed by atoms with Gasteiger partial charge in [-0.25, -0.2) is 4.98 Å². The molecule has 9 heteroatoms. The number of hydrogen-bond acceptors (Lipinski definition) is 5. The molecule has 1 amide bonds. The molecule has 2 N–H and O–H groups in total. The van der Waals surface area contributed by atoms with Crippen LogP contribution in [0.3, 0.4) is 0 Å². The Hall–Kier alpha value is -0.940. The first-order valence-electron chi connectivity index (χ1n) is 9.21. The molecule has 1 unspecified atom stereocenters. The Balaban J connectivity index is 0.00000364. The Labute approximate surface area is 183 Å². The number of aliphatic imine (C=N–C) groups is 1. The molecule has 0 aliphatic heterocycles. The quantitative estimate of drug-likeness (QED) is 0.336. The fraction of sp³-hybridized carbons (Fsp3) is 0.722. The zero-order valence-electron chi connectivity index (χ0n) is 16.7. The number of nitrogens with zero attached hydrogens (tertiary/aromatic N) is 3. The van der Waals surface area contributed by atoms with Gasteiger partial charge in [0, 0.05) is 32.6 Å². The van der Waals surface area contributed by atoms with Crippen molar-refractivity contribution in [3.05, 3.63) is 16.1 Å². The lowest BCUT2D eigenvalue weighted by Crippen LogP contribution is -2.46. The van der Waals surface area contributed by atoms with Crippen molar-refractivity contribution < 1.29 is 9.53 Å². The van der Waals surface area contributed by atoms with Gasteiger partial charge in [0.15, 0.2) is 5.96 Å². The minimum atomic E-state index is -0.0000214. The highest BCUT2D eigenvalue weighted by Gasteiger charge is 2.17. The first-order valence-corrected chi connectivity index (χ1v) is 10.1. The molecule has 0 spiro atoms. The van der Waals surface area contributed by atoms with Crippen LogP contribution in [-0.2, 0) is 16.1 Å². The third-order valence-electron chi connectivity index (χ3n) is 4.62. The van der Waals surface area contributed by atoms with Crippen molar-refractivity contribution in [2.75, 3.05) is 27.7 Å². The Bertz CT molecular complexity index is 604. The van der Waals surface area contributed by atoms with E-state index in [2.05, 4.69) is 20.6 Å². The van der Waals surface area contributed by atoms with E-state index in [4.69, 9.17) is 4.74 Å². The van der Waals surface area contributed by atoms with Crippen LogP contribution < -0.4 is 10.6 Å². The Morgan fingerprint density at radius 2 is 2.15 bits per heavy atom. The molecular weight excluding hydrogens is 477 g/mol. The minimum absolute atomic E-state index is 0. The molecule has 1 saturated carbocycles. The van der Waals surface area contributed by atoms with Crippen molar-refractivity contribution in [3.63, 3.8) is 0 Å². The summed E-state index contributed by atoms with van der Waals surface area (Å²) in [5.74, 6) is 0.703. The van der Waals surface area contributed by atoms with Crippen molar-refractivity contribution in [2.45, 2.75) is 57.7 Å². The van der Waals surface area contributed by atoms with Gasteiger partial charge in [-0.15, -0.1) is 35.3 Å². The lowest BCUT2D eigenvalue weighted by atomic mass is 9.95. The molecule has 0 aromatic carbocycles. The van der Waals surface area contributed by atoms with Gasteiger partial charge in [0.2, 0.25) is 5.91 Å². The predicted octanol–water partition coefficient (Wildman–Crippen LogP) is 2.92. The van der Waals surface area contributed by atoms with Gasteiger partial charge in [0.05, 0.1) is 18.8 Å². The maximum Gasteiger partial charge on any atom is 0.239 e. The van der Waals surface area contributed by atoms with E-state index in [1.54, 1.807) is 25.5 Å². The number of carbonyl (C=O) groups excluding carboxylic acids is 1. The normalized spacial score (nSPS) is 16.4. The fourth-order valence-corrected chi connectivity index (χ4v) is 3.91. The molecule has 2 rings (SSSR count). The maximum absolute atomic E-state index is 12.2. The summed E-state index contributed by atoms with van der Waals surface area (Å²) in [6, 6.07) is 0.328. The van der Waals surface area contributed by atoms with Gasteiger partial charge in [0.25, 0.3) is 0 Å². The van der Waals surface area contributed by atoms with Crippen LogP contribution in [0.1, 0.15) is 55.8 Å². The molecule has 1 aromatic heterocycles. The molecule has 0 saturated heterocycles. The van der Waals surface area contributed by atoms with Crippen LogP contribution in [0.15, 0.2) is 10.4 Å². The second-order valence-electron chi connectivity index (χ2n) is 6.71. The lowest BCUT2D eigenvalue weighted by molar-refractivity contribution is -0.120. The lowest BCUT2D eigenvalue weighted by Gasteiger charge is -2.24. The largest absolute Gasteiger partial charge is 0.375 e. The highest BCUT2D eigenvalue weighted by atomic mass is 127. The van der Waals surface area contributed by atoms with Gasteiger partial charge in [-0.1, -0.05) is 19.3 Å². The third-order valence-corrected chi connectivity index (χ3v) is 5.68. The number of carbonyl (C=O) groups is 1. The summed E-state index contributed by atoms with van der Waals surface area (Å²) < 4.78 is 5.30. The van der Waals surface area contributed by atoms with Crippen LogP contribution in [0, 0.1) is 0 Å². The summed E-state index contributed by atoms with van der Waals surface area (Å²) in [5, 5.41) is 9.24. The van der Waals surface area contributed by atoms with Crippen LogP contribution in [0.2, 0.25) is 0 Å². The van der Waals surface area contributed by atoms with E-state index >= 15 is 0 Å². The zero-order valence-corrected chi connectivity index (χ0v) is 19.8. The van der Waals surface area contributed by atoms with Crippen molar-refractivity contribution in [2.24, 2.45) is 4.99 Å². The number of hydrogen-bond donors (Lipinski definition) is 2. The molecule has 1 atom stereocenters. The molecule has 1 heterocycles. The molecule has 1 fully saturated rings. The highest BCUT2D eigenvalue weighted by molar-refractivity contribution is 14.0. The number of ether oxygens (including phenoxy) is 1. The summed E-state index contributed by atoms with van der Waals surface area (Å²) in [4.78, 5) is 23.0. The van der Waals surface area contributed by atoms with E-state index in [1.807, 2.05) is 24.3 Å². The van der Waals surface area contributed by atoms with Crippen LogP contribution >= 0.6 is 35.3 Å². The van der Waals surface area contributed by atoms with Crippen LogP contribution in [0.4, 0.5) is 0 Å². The molecule has 0 bridgehead atoms. The standard InChI is InChI=1S/C18H31N5O2S.HI/c1-13(25-4)17-22-15(12-26-17)11-23(3)18(19-2)20-10-16(24)21-14-8-6-5-7-9-14;/h12-14H,5-11H2,1-4H3,(H,19,20)(H,21,24);1H. The van der Waals surface area contributed by atoms with Gasteiger partial charge < -0.3 is 20.3 Å². The van der Waals surface area contributed by atoms with Gasteiger partial charge in [-0.2, -0.15) is 0 Å². The SMILES string of the molecule is CN=C(NCC(=O)NC1CCCCC1)N(C)Cc1csc(C(C)OC)n1.I. The summed E-state index contributed by atoms with van der Waals surface area (Å²) in [7, 11) is 5.34. The fourth-order valence-electron chi connectivity index (χ4n) is 3.07. The van der Waals surface area contributed by atoms with Crippen molar-refractivity contribution >= 4 is 47.2 Å². The van der Waals surface area contributed by atoms with E-state index in [0.29, 0.717) is 18.5 Å². The second kappa shape index (κ2) is 12.5. The molecule has 0 radical (unpaired) electrons.